The first-order valence-corrected chi connectivity index (χ1v) is 9.17. The Morgan fingerprint density at radius 1 is 1.24 bits per heavy atom. The van der Waals surface area contributed by atoms with E-state index in [1.807, 2.05) is 56.3 Å². The number of hydrazine groups is 1. The van der Waals surface area contributed by atoms with Gasteiger partial charge in [0.1, 0.15) is 11.8 Å². The van der Waals surface area contributed by atoms with Gasteiger partial charge in [-0.2, -0.15) is 0 Å². The summed E-state index contributed by atoms with van der Waals surface area (Å²) in [5.41, 5.74) is 9.31. The number of carbonyl (C=O) groups excluding carboxylic acids is 1. The lowest BCUT2D eigenvalue weighted by Crippen LogP contribution is -2.39. The first-order valence-electron chi connectivity index (χ1n) is 8.37. The largest absolute Gasteiger partial charge is 0.494 e. The Morgan fingerprint density at radius 3 is 2.68 bits per heavy atom. The molecule has 2 unspecified atom stereocenters. The number of anilines is 1. The maximum Gasteiger partial charge on any atom is 0.242 e. The molecule has 2 atom stereocenters. The summed E-state index contributed by atoms with van der Waals surface area (Å²) in [4.78, 5) is 12.5. The van der Waals surface area contributed by atoms with Gasteiger partial charge < -0.3 is 10.1 Å². The van der Waals surface area contributed by atoms with Crippen molar-refractivity contribution in [2.75, 3.05) is 11.9 Å². The topological polar surface area (TPSA) is 62.4 Å². The third kappa shape index (κ3) is 4.39. The first kappa shape index (κ1) is 17.9. The fraction of sp³-hybridized carbons (Fsp3) is 0.316. The molecule has 6 heteroatoms. The second kappa shape index (κ2) is 7.99. The van der Waals surface area contributed by atoms with Gasteiger partial charge >= 0.3 is 0 Å². The van der Waals surface area contributed by atoms with Crippen LogP contribution in [0.2, 0.25) is 0 Å². The molecular weight excluding hydrogens is 382 g/mol. The second-order valence-electron chi connectivity index (χ2n) is 6.08. The Hall–Kier alpha value is -1.89. The smallest absolute Gasteiger partial charge is 0.242 e. The minimum absolute atomic E-state index is 0.0392. The lowest BCUT2D eigenvalue weighted by molar-refractivity contribution is -0.117. The molecule has 1 aliphatic rings. The number of benzene rings is 2. The molecule has 0 spiro atoms. The van der Waals surface area contributed by atoms with Crippen LogP contribution in [0.3, 0.4) is 0 Å². The standard InChI is InChI=1S/C19H22BrN3O2/c1-3-25-15-7-4-13(5-8-15)17-11-18(23-22-17)19(24)21-14-6-9-16(20)12(2)10-14/h4-10,17-18,22-23H,3,11H2,1-2H3,(H,21,24). The number of nitrogens with one attached hydrogen (secondary N) is 3. The zero-order valence-electron chi connectivity index (χ0n) is 14.3. The highest BCUT2D eigenvalue weighted by atomic mass is 79.9. The van der Waals surface area contributed by atoms with Crippen molar-refractivity contribution in [3.63, 3.8) is 0 Å². The molecule has 0 saturated carbocycles. The van der Waals surface area contributed by atoms with E-state index < -0.39 is 0 Å². The number of rotatable bonds is 5. The lowest BCUT2D eigenvalue weighted by atomic mass is 10.0. The SMILES string of the molecule is CCOc1ccc(C2CC(C(=O)Nc3ccc(Br)c(C)c3)NN2)cc1. The average Bonchev–Trinajstić information content (AvgIpc) is 3.09. The lowest BCUT2D eigenvalue weighted by Gasteiger charge is -2.12. The van der Waals surface area contributed by atoms with Crippen molar-refractivity contribution in [3.05, 3.63) is 58.1 Å². The van der Waals surface area contributed by atoms with Gasteiger partial charge in [-0.15, -0.1) is 0 Å². The van der Waals surface area contributed by atoms with Gasteiger partial charge in [0.05, 0.1) is 6.61 Å². The van der Waals surface area contributed by atoms with Crippen LogP contribution >= 0.6 is 15.9 Å². The number of aryl methyl sites for hydroxylation is 1. The number of ether oxygens (including phenoxy) is 1. The zero-order chi connectivity index (χ0) is 17.8. The third-order valence-electron chi connectivity index (χ3n) is 4.24. The quantitative estimate of drug-likeness (QED) is 0.711. The zero-order valence-corrected chi connectivity index (χ0v) is 15.9. The van der Waals surface area contributed by atoms with Crippen LogP contribution in [0.25, 0.3) is 0 Å². The van der Waals surface area contributed by atoms with Gasteiger partial charge in [-0.3, -0.25) is 4.79 Å². The van der Waals surface area contributed by atoms with E-state index >= 15 is 0 Å². The van der Waals surface area contributed by atoms with Crippen molar-refractivity contribution in [1.29, 1.82) is 0 Å². The van der Waals surface area contributed by atoms with Gasteiger partial charge in [-0.05, 0) is 61.7 Å². The van der Waals surface area contributed by atoms with E-state index in [1.54, 1.807) is 0 Å². The Kier molecular flexibility index (Phi) is 5.73. The van der Waals surface area contributed by atoms with Crippen LogP contribution in [0.4, 0.5) is 5.69 Å². The van der Waals surface area contributed by atoms with Crippen LogP contribution in [-0.4, -0.2) is 18.6 Å². The molecule has 1 aliphatic heterocycles. The fourth-order valence-corrected chi connectivity index (χ4v) is 3.11. The Labute approximate surface area is 156 Å². The third-order valence-corrected chi connectivity index (χ3v) is 5.13. The molecule has 132 valence electrons. The number of amides is 1. The average molecular weight is 404 g/mol. The highest BCUT2D eigenvalue weighted by Gasteiger charge is 2.30. The van der Waals surface area contributed by atoms with Crippen molar-refractivity contribution in [1.82, 2.24) is 10.9 Å². The second-order valence-corrected chi connectivity index (χ2v) is 6.94. The number of hydrogen-bond donors (Lipinski definition) is 3. The Balaban J connectivity index is 1.59. The Bertz CT molecular complexity index is 749. The van der Waals surface area contributed by atoms with Crippen LogP contribution < -0.4 is 20.9 Å². The van der Waals surface area contributed by atoms with Gasteiger partial charge in [0, 0.05) is 16.2 Å². The van der Waals surface area contributed by atoms with Crippen molar-refractivity contribution in [3.8, 4) is 5.75 Å². The van der Waals surface area contributed by atoms with Gasteiger partial charge in [-0.1, -0.05) is 28.1 Å². The van der Waals surface area contributed by atoms with Crippen LogP contribution in [-0.2, 0) is 4.79 Å². The predicted octanol–water partition coefficient (Wildman–Crippen LogP) is 3.70. The summed E-state index contributed by atoms with van der Waals surface area (Å²) in [7, 11) is 0. The maximum atomic E-state index is 12.5. The van der Waals surface area contributed by atoms with Crippen LogP contribution in [0.5, 0.6) is 5.75 Å². The first-order chi connectivity index (χ1) is 12.1. The highest BCUT2D eigenvalue weighted by Crippen LogP contribution is 2.25. The predicted molar refractivity (Wildman–Crippen MR) is 103 cm³/mol. The monoisotopic (exact) mass is 403 g/mol. The van der Waals surface area contributed by atoms with Gasteiger partial charge in [-0.25, -0.2) is 10.9 Å². The van der Waals surface area contributed by atoms with Crippen molar-refractivity contribution in [2.45, 2.75) is 32.4 Å². The molecule has 0 aromatic heterocycles. The van der Waals surface area contributed by atoms with Gasteiger partial charge in [0.2, 0.25) is 5.91 Å². The highest BCUT2D eigenvalue weighted by molar-refractivity contribution is 9.10. The van der Waals surface area contributed by atoms with Crippen molar-refractivity contribution >= 4 is 27.5 Å². The van der Waals surface area contributed by atoms with E-state index in [-0.39, 0.29) is 18.0 Å². The summed E-state index contributed by atoms with van der Waals surface area (Å²) in [6.07, 6.45) is 0.690. The minimum atomic E-state index is -0.277. The van der Waals surface area contributed by atoms with E-state index in [0.717, 1.165) is 27.0 Å². The van der Waals surface area contributed by atoms with E-state index in [0.29, 0.717) is 13.0 Å². The van der Waals surface area contributed by atoms with Gasteiger partial charge in [0.25, 0.3) is 0 Å². The summed E-state index contributed by atoms with van der Waals surface area (Å²) >= 11 is 3.47. The van der Waals surface area contributed by atoms with E-state index in [4.69, 9.17) is 4.74 Å². The normalized spacial score (nSPS) is 19.6. The molecule has 2 aromatic rings. The van der Waals surface area contributed by atoms with E-state index in [9.17, 15) is 4.79 Å². The molecule has 0 bridgehead atoms. The molecule has 1 saturated heterocycles. The summed E-state index contributed by atoms with van der Waals surface area (Å²) < 4.78 is 6.49. The van der Waals surface area contributed by atoms with Crippen LogP contribution in [0, 0.1) is 6.92 Å². The molecule has 3 N–H and O–H groups in total. The molecular formula is C19H22BrN3O2. The number of carbonyl (C=O) groups is 1. The molecule has 1 fully saturated rings. The molecule has 25 heavy (non-hydrogen) atoms. The molecule has 3 rings (SSSR count). The van der Waals surface area contributed by atoms with Gasteiger partial charge in [0.15, 0.2) is 0 Å². The van der Waals surface area contributed by atoms with Crippen LogP contribution in [0.1, 0.15) is 30.5 Å². The van der Waals surface area contributed by atoms with E-state index in [1.165, 1.54) is 0 Å². The molecule has 5 nitrogen and oxygen atoms in total. The molecule has 0 aliphatic carbocycles. The number of hydrogen-bond acceptors (Lipinski definition) is 4. The summed E-state index contributed by atoms with van der Waals surface area (Å²) in [6, 6.07) is 13.6. The summed E-state index contributed by atoms with van der Waals surface area (Å²) in [6.45, 7) is 4.61. The fourth-order valence-electron chi connectivity index (χ4n) is 2.86. The molecule has 1 amide bonds. The summed E-state index contributed by atoms with van der Waals surface area (Å²) in [5, 5.41) is 2.97. The molecule has 0 radical (unpaired) electrons. The minimum Gasteiger partial charge on any atom is -0.494 e. The van der Waals surface area contributed by atoms with Crippen LogP contribution in [0.15, 0.2) is 46.9 Å². The van der Waals surface area contributed by atoms with Crippen molar-refractivity contribution < 1.29 is 9.53 Å². The maximum absolute atomic E-state index is 12.5. The van der Waals surface area contributed by atoms with E-state index in [2.05, 4.69) is 32.1 Å². The Morgan fingerprint density at radius 2 is 2.00 bits per heavy atom. The number of halogens is 1. The van der Waals surface area contributed by atoms with Crippen molar-refractivity contribution in [2.24, 2.45) is 0 Å². The molecule has 2 aromatic carbocycles. The molecule has 1 heterocycles. The summed E-state index contributed by atoms with van der Waals surface area (Å²) in [5.74, 6) is 0.819.